The summed E-state index contributed by atoms with van der Waals surface area (Å²) in [5, 5.41) is 5.69. The van der Waals surface area contributed by atoms with Crippen LogP contribution in [0.15, 0.2) is 23.3 Å². The first-order valence-electron chi connectivity index (χ1n) is 12.6. The van der Waals surface area contributed by atoms with Gasteiger partial charge in [-0.3, -0.25) is 9.59 Å². The van der Waals surface area contributed by atoms with E-state index in [-0.39, 0.29) is 34.8 Å². The zero-order valence-electron chi connectivity index (χ0n) is 21.4. The molecule has 3 unspecified atom stereocenters. The van der Waals surface area contributed by atoms with E-state index in [1.165, 1.54) is 11.8 Å². The van der Waals surface area contributed by atoms with Crippen LogP contribution in [0.4, 0.5) is 19.0 Å². The number of carbonyl (C=O) groups excluding carboxylic acids is 1. The first-order chi connectivity index (χ1) is 19.1. The molecule has 0 bridgehead atoms. The van der Waals surface area contributed by atoms with E-state index in [0.29, 0.717) is 43.6 Å². The third-order valence-corrected chi connectivity index (χ3v) is 9.54. The van der Waals surface area contributed by atoms with Crippen LogP contribution in [0.2, 0.25) is 5.02 Å². The number of anilines is 1. The third-order valence-electron chi connectivity index (χ3n) is 6.65. The summed E-state index contributed by atoms with van der Waals surface area (Å²) in [6.45, 7) is 4.47. The van der Waals surface area contributed by atoms with Gasteiger partial charge in [0.25, 0.3) is 5.56 Å². The lowest BCUT2D eigenvalue weighted by molar-refractivity contribution is -0.140. The molecule has 40 heavy (non-hydrogen) atoms. The van der Waals surface area contributed by atoms with Gasteiger partial charge in [0.2, 0.25) is 5.91 Å². The van der Waals surface area contributed by atoms with E-state index in [1.807, 2.05) is 4.90 Å². The second kappa shape index (κ2) is 12.2. The molecule has 10 nitrogen and oxygen atoms in total. The van der Waals surface area contributed by atoms with Gasteiger partial charge in [-0.2, -0.15) is 18.3 Å². The number of ether oxygens (including phenoxy) is 3. The van der Waals surface area contributed by atoms with Gasteiger partial charge in [-0.15, -0.1) is 23.5 Å². The number of nitrogens with one attached hydrogen (secondary N) is 1. The summed E-state index contributed by atoms with van der Waals surface area (Å²) in [5.41, 5.74) is -2.75. The zero-order chi connectivity index (χ0) is 28.4. The molecule has 5 heterocycles. The SMILES string of the molecule is C[C@H](Oc1cn[nH]c(=O)c1C(F)(F)F)C1SC1COCCC(=O)N1CCN2c3ncc(Cl)cc3OCCSC2C1. The van der Waals surface area contributed by atoms with Gasteiger partial charge in [0.1, 0.15) is 6.10 Å². The highest BCUT2D eigenvalue weighted by Gasteiger charge is 2.45. The Labute approximate surface area is 241 Å². The largest absolute Gasteiger partial charge is 0.489 e. The van der Waals surface area contributed by atoms with Crippen LogP contribution in [-0.2, 0) is 15.7 Å². The Balaban J connectivity index is 1.06. The highest BCUT2D eigenvalue weighted by molar-refractivity contribution is 8.07. The normalized spacial score (nSPS) is 23.3. The Morgan fingerprint density at radius 3 is 2.98 bits per heavy atom. The molecule has 0 radical (unpaired) electrons. The molecule has 0 saturated carbocycles. The summed E-state index contributed by atoms with van der Waals surface area (Å²) < 4.78 is 56.7. The van der Waals surface area contributed by atoms with Crippen molar-refractivity contribution in [1.82, 2.24) is 20.1 Å². The van der Waals surface area contributed by atoms with Crippen molar-refractivity contribution >= 4 is 46.8 Å². The van der Waals surface area contributed by atoms with Crippen molar-refractivity contribution < 1.29 is 32.2 Å². The quantitative estimate of drug-likeness (QED) is 0.348. The molecule has 1 N–H and O–H groups in total. The Hall–Kier alpha value is -2.36. The van der Waals surface area contributed by atoms with Gasteiger partial charge in [-0.25, -0.2) is 10.1 Å². The van der Waals surface area contributed by atoms with Gasteiger partial charge in [0.05, 0.1) is 54.6 Å². The number of alkyl halides is 3. The molecule has 16 heteroatoms. The summed E-state index contributed by atoms with van der Waals surface area (Å²) in [7, 11) is 0. The minimum absolute atomic E-state index is 0.000953. The lowest BCUT2D eigenvalue weighted by Gasteiger charge is -2.43. The number of aromatic nitrogens is 3. The van der Waals surface area contributed by atoms with Crippen LogP contribution in [-0.4, -0.2) is 93.2 Å². The predicted molar refractivity (Wildman–Crippen MR) is 145 cm³/mol. The van der Waals surface area contributed by atoms with E-state index in [4.69, 9.17) is 25.8 Å². The first-order valence-corrected chi connectivity index (χ1v) is 15.0. The smallest absolute Gasteiger partial charge is 0.425 e. The molecule has 3 aliphatic heterocycles. The maximum absolute atomic E-state index is 13.2. The third kappa shape index (κ3) is 6.74. The monoisotopic (exact) mass is 621 g/mol. The zero-order valence-corrected chi connectivity index (χ0v) is 23.7. The van der Waals surface area contributed by atoms with Crippen LogP contribution in [0.3, 0.4) is 0 Å². The molecule has 218 valence electrons. The molecule has 2 saturated heterocycles. The fraction of sp³-hybridized carbons (Fsp3) is 0.583. The number of H-pyrrole nitrogens is 1. The lowest BCUT2D eigenvalue weighted by atomic mass is 10.2. The van der Waals surface area contributed by atoms with E-state index in [2.05, 4.69) is 15.0 Å². The number of aromatic amines is 1. The maximum atomic E-state index is 13.2. The van der Waals surface area contributed by atoms with Crippen molar-refractivity contribution in [3.8, 4) is 11.5 Å². The molecule has 2 aromatic rings. The number of pyridine rings is 1. The molecule has 0 spiro atoms. The van der Waals surface area contributed by atoms with Crippen LogP contribution in [0.5, 0.6) is 11.5 Å². The standard InChI is InChI=1S/C24H27ClF3N5O5S2/c1-13(38-16-10-30-31-23(35)20(16)24(26,27)28)21-17(40-21)12-36-5-2-18(34)32-3-4-33-19(11-32)39-7-6-37-15-8-14(25)9-29-22(15)33/h8-10,13,17,19,21H,2-7,11-12H2,1H3,(H,31,35)/t13-,17?,19?,21?/m0/s1. The number of amides is 1. The molecule has 0 aliphatic carbocycles. The van der Waals surface area contributed by atoms with Crippen molar-refractivity contribution in [2.45, 2.75) is 41.5 Å². The summed E-state index contributed by atoms with van der Waals surface area (Å²) in [5.74, 6) is 1.56. The van der Waals surface area contributed by atoms with Crippen molar-refractivity contribution in [2.75, 3.05) is 50.1 Å². The van der Waals surface area contributed by atoms with Crippen molar-refractivity contribution in [3.63, 3.8) is 0 Å². The fourth-order valence-corrected chi connectivity index (χ4v) is 7.00. The molecule has 3 aliphatic rings. The molecule has 5 rings (SSSR count). The fourth-order valence-electron chi connectivity index (χ4n) is 4.66. The highest BCUT2D eigenvalue weighted by Crippen LogP contribution is 2.45. The Bertz CT molecular complexity index is 1290. The van der Waals surface area contributed by atoms with Gasteiger partial charge in [0.15, 0.2) is 22.9 Å². The summed E-state index contributed by atoms with van der Waals surface area (Å²) in [4.78, 5) is 33.0. The van der Waals surface area contributed by atoms with Crippen molar-refractivity contribution in [3.05, 3.63) is 39.4 Å². The van der Waals surface area contributed by atoms with Gasteiger partial charge in [-0.05, 0) is 6.92 Å². The average Bonchev–Trinajstić information content (AvgIpc) is 3.67. The van der Waals surface area contributed by atoms with Crippen LogP contribution >= 0.6 is 35.1 Å². The second-order valence-electron chi connectivity index (χ2n) is 9.41. The van der Waals surface area contributed by atoms with Crippen LogP contribution in [0.1, 0.15) is 18.9 Å². The number of nitrogens with zero attached hydrogens (tertiary/aromatic N) is 4. The van der Waals surface area contributed by atoms with Gasteiger partial charge >= 0.3 is 6.18 Å². The molecular formula is C24H27ClF3N5O5S2. The number of rotatable bonds is 8. The minimum atomic E-state index is -4.86. The molecule has 2 fully saturated rings. The summed E-state index contributed by atoms with van der Waals surface area (Å²) in [6.07, 6.45) is -2.77. The number of fused-ring (bicyclic) bond motifs is 3. The van der Waals surface area contributed by atoms with E-state index < -0.39 is 29.2 Å². The lowest BCUT2D eigenvalue weighted by Crippen LogP contribution is -2.54. The van der Waals surface area contributed by atoms with Crippen LogP contribution < -0.4 is 19.9 Å². The van der Waals surface area contributed by atoms with Crippen LogP contribution in [0, 0.1) is 0 Å². The summed E-state index contributed by atoms with van der Waals surface area (Å²) in [6, 6.07) is 1.76. The first kappa shape index (κ1) is 29.1. The van der Waals surface area contributed by atoms with Gasteiger partial charge in [-0.1, -0.05) is 11.6 Å². The topological polar surface area (TPSA) is 110 Å². The second-order valence-corrected chi connectivity index (χ2v) is 12.5. The molecule has 4 atom stereocenters. The molecule has 1 amide bonds. The number of halogens is 4. The highest BCUT2D eigenvalue weighted by atomic mass is 35.5. The number of thioether (sulfide) groups is 2. The average molecular weight is 622 g/mol. The van der Waals surface area contributed by atoms with E-state index in [9.17, 15) is 22.8 Å². The number of piperazine rings is 1. The Morgan fingerprint density at radius 2 is 2.17 bits per heavy atom. The minimum Gasteiger partial charge on any atom is -0.489 e. The molecular weight excluding hydrogens is 595 g/mol. The summed E-state index contributed by atoms with van der Waals surface area (Å²) >= 11 is 9.32. The molecule has 2 aromatic heterocycles. The number of hydrogen-bond acceptors (Lipinski definition) is 10. The molecule has 0 aromatic carbocycles. The van der Waals surface area contributed by atoms with Gasteiger partial charge < -0.3 is 24.0 Å². The Morgan fingerprint density at radius 1 is 1.35 bits per heavy atom. The number of carbonyl (C=O) groups is 1. The van der Waals surface area contributed by atoms with Gasteiger partial charge in [0, 0.05) is 36.4 Å². The number of hydrogen-bond donors (Lipinski definition) is 1. The predicted octanol–water partition coefficient (Wildman–Crippen LogP) is 3.30. The van der Waals surface area contributed by atoms with E-state index in [0.717, 1.165) is 17.8 Å². The van der Waals surface area contributed by atoms with Crippen molar-refractivity contribution in [1.29, 1.82) is 0 Å². The maximum Gasteiger partial charge on any atom is 0.425 e. The van der Waals surface area contributed by atoms with Crippen molar-refractivity contribution in [2.24, 2.45) is 0 Å². The Kier molecular flexibility index (Phi) is 8.92. The van der Waals surface area contributed by atoms with Crippen LogP contribution in [0.25, 0.3) is 0 Å². The van der Waals surface area contributed by atoms with E-state index >= 15 is 0 Å². The van der Waals surface area contributed by atoms with E-state index in [1.54, 1.807) is 36.0 Å².